The molecule has 2 N–H and O–H groups in total. The Morgan fingerprint density at radius 2 is 1.92 bits per heavy atom. The van der Waals surface area contributed by atoms with Crippen LogP contribution in [0.1, 0.15) is 80.8 Å². The summed E-state index contributed by atoms with van der Waals surface area (Å²) >= 11 is 0. The number of sulfone groups is 1. The predicted molar refractivity (Wildman–Crippen MR) is 135 cm³/mol. The number of nitrogens with zero attached hydrogens (tertiary/aromatic N) is 2. The van der Waals surface area contributed by atoms with E-state index in [1.54, 1.807) is 24.0 Å². The molecule has 0 radical (unpaired) electrons. The maximum atomic E-state index is 13.0. The van der Waals surface area contributed by atoms with E-state index in [2.05, 4.69) is 10.3 Å². The van der Waals surface area contributed by atoms with E-state index in [-0.39, 0.29) is 22.6 Å². The van der Waals surface area contributed by atoms with Crippen molar-refractivity contribution in [1.29, 1.82) is 0 Å². The van der Waals surface area contributed by atoms with Crippen molar-refractivity contribution in [2.75, 3.05) is 12.4 Å². The molecule has 1 aromatic heterocycles. The average Bonchev–Trinajstić information content (AvgIpc) is 3.21. The van der Waals surface area contributed by atoms with Crippen LogP contribution in [0.15, 0.2) is 41.4 Å². The summed E-state index contributed by atoms with van der Waals surface area (Å²) in [5.41, 5.74) is 1.94. The van der Waals surface area contributed by atoms with Gasteiger partial charge < -0.3 is 15.2 Å². The number of pyridine rings is 1. The fourth-order valence-electron chi connectivity index (χ4n) is 4.24. The van der Waals surface area contributed by atoms with Crippen molar-refractivity contribution in [2.45, 2.75) is 70.7 Å². The summed E-state index contributed by atoms with van der Waals surface area (Å²) in [7, 11) is -3.40. The van der Waals surface area contributed by atoms with Crippen LogP contribution in [0.25, 0.3) is 0 Å². The molecule has 0 fully saturated rings. The molecule has 1 aromatic carbocycles. The van der Waals surface area contributed by atoms with Gasteiger partial charge in [-0.2, -0.15) is 0 Å². The maximum Gasteiger partial charge on any atom is 0.411 e. The Bertz CT molecular complexity index is 1220. The van der Waals surface area contributed by atoms with Crippen LogP contribution in [0, 0.1) is 5.92 Å². The highest BCUT2D eigenvalue weighted by molar-refractivity contribution is 7.91. The van der Waals surface area contributed by atoms with Gasteiger partial charge in [0.2, 0.25) is 0 Å². The molecule has 10 heteroatoms. The second-order valence-corrected chi connectivity index (χ2v) is 12.5. The van der Waals surface area contributed by atoms with Gasteiger partial charge in [0.25, 0.3) is 5.91 Å². The van der Waals surface area contributed by atoms with E-state index in [1.165, 1.54) is 18.3 Å². The number of ether oxygens (including phenoxy) is 1. The first-order valence-electron chi connectivity index (χ1n) is 12.0. The number of hydrogen-bond acceptors (Lipinski definition) is 7. The van der Waals surface area contributed by atoms with Gasteiger partial charge in [0.15, 0.2) is 9.84 Å². The van der Waals surface area contributed by atoms with Crippen molar-refractivity contribution in [3.8, 4) is 0 Å². The Morgan fingerprint density at radius 1 is 1.22 bits per heavy atom. The van der Waals surface area contributed by atoms with Crippen LogP contribution in [0.4, 0.5) is 4.79 Å². The Morgan fingerprint density at radius 3 is 2.44 bits per heavy atom. The van der Waals surface area contributed by atoms with Crippen LogP contribution in [-0.4, -0.2) is 53.4 Å². The SMILES string of the molecule is CCS(=O)(=O)c1ccc([C@H](CO)NC(=O)c2ccc3c(c2)CN(C(=O)OC(C)(C)C)C3C(C)C)nc1. The number of aliphatic hydroxyl groups excluding tert-OH is 1. The van der Waals surface area contributed by atoms with Gasteiger partial charge in [0, 0.05) is 11.8 Å². The molecule has 0 saturated heterocycles. The molecule has 1 aliphatic heterocycles. The molecular formula is C26H35N3O6S. The zero-order valence-corrected chi connectivity index (χ0v) is 22.4. The van der Waals surface area contributed by atoms with Gasteiger partial charge >= 0.3 is 6.09 Å². The number of hydrogen-bond donors (Lipinski definition) is 2. The van der Waals surface area contributed by atoms with E-state index in [0.717, 1.165) is 11.1 Å². The van der Waals surface area contributed by atoms with Gasteiger partial charge in [-0.05, 0) is 62.1 Å². The van der Waals surface area contributed by atoms with Gasteiger partial charge in [0.1, 0.15) is 5.60 Å². The summed E-state index contributed by atoms with van der Waals surface area (Å²) in [6.07, 6.45) is 0.832. The summed E-state index contributed by atoms with van der Waals surface area (Å²) in [6, 6.07) is 7.23. The molecule has 2 heterocycles. The molecule has 196 valence electrons. The van der Waals surface area contributed by atoms with E-state index < -0.39 is 40.1 Å². The zero-order chi connectivity index (χ0) is 26.8. The quantitative estimate of drug-likeness (QED) is 0.572. The molecule has 1 aliphatic rings. The highest BCUT2D eigenvalue weighted by atomic mass is 32.2. The summed E-state index contributed by atoms with van der Waals surface area (Å²) in [4.78, 5) is 31.8. The third kappa shape index (κ3) is 6.04. The fraction of sp³-hybridized carbons (Fsp3) is 0.500. The summed E-state index contributed by atoms with van der Waals surface area (Å²) in [6.45, 7) is 11.0. The second-order valence-electron chi connectivity index (χ2n) is 10.2. The first kappa shape index (κ1) is 27.6. The number of benzene rings is 1. The normalized spacial score (nSPS) is 16.6. The van der Waals surface area contributed by atoms with Crippen LogP contribution in [0.5, 0.6) is 0 Å². The molecule has 2 aromatic rings. The summed E-state index contributed by atoms with van der Waals surface area (Å²) < 4.78 is 29.6. The first-order valence-corrected chi connectivity index (χ1v) is 13.7. The van der Waals surface area contributed by atoms with Crippen LogP contribution in [-0.2, 0) is 21.1 Å². The van der Waals surface area contributed by atoms with Crippen LogP contribution in [0.2, 0.25) is 0 Å². The lowest BCUT2D eigenvalue weighted by Crippen LogP contribution is -2.37. The molecular weight excluding hydrogens is 482 g/mol. The summed E-state index contributed by atoms with van der Waals surface area (Å²) in [5.74, 6) is -0.321. The number of amides is 2. The lowest BCUT2D eigenvalue weighted by Gasteiger charge is -2.30. The third-order valence-electron chi connectivity index (χ3n) is 6.00. The molecule has 2 amide bonds. The number of fused-ring (bicyclic) bond motifs is 1. The van der Waals surface area contributed by atoms with E-state index in [0.29, 0.717) is 17.8 Å². The van der Waals surface area contributed by atoms with Gasteiger partial charge in [-0.25, -0.2) is 13.2 Å². The fourth-order valence-corrected chi connectivity index (χ4v) is 5.07. The monoisotopic (exact) mass is 517 g/mol. The van der Waals surface area contributed by atoms with Crippen molar-refractivity contribution < 1.29 is 27.9 Å². The maximum absolute atomic E-state index is 13.0. The molecule has 0 saturated carbocycles. The highest BCUT2D eigenvalue weighted by Gasteiger charge is 2.38. The van der Waals surface area contributed by atoms with E-state index in [9.17, 15) is 23.1 Å². The first-order chi connectivity index (χ1) is 16.8. The minimum atomic E-state index is -3.40. The predicted octanol–water partition coefficient (Wildman–Crippen LogP) is 3.79. The number of carbonyl (C=O) groups excluding carboxylic acids is 2. The molecule has 3 rings (SSSR count). The van der Waals surface area contributed by atoms with Crippen LogP contribution >= 0.6 is 0 Å². The number of aliphatic hydroxyl groups is 1. The lowest BCUT2D eigenvalue weighted by atomic mass is 9.94. The molecule has 0 spiro atoms. The van der Waals surface area contributed by atoms with E-state index in [1.807, 2.05) is 40.7 Å². The van der Waals surface area contributed by atoms with Crippen LogP contribution in [0.3, 0.4) is 0 Å². The third-order valence-corrected chi connectivity index (χ3v) is 7.72. The average molecular weight is 518 g/mol. The van der Waals surface area contributed by atoms with Crippen molar-refractivity contribution in [3.05, 3.63) is 58.9 Å². The summed E-state index contributed by atoms with van der Waals surface area (Å²) in [5, 5.41) is 12.6. The Hall–Kier alpha value is -2.98. The minimum Gasteiger partial charge on any atom is -0.444 e. The Balaban J connectivity index is 1.80. The molecule has 36 heavy (non-hydrogen) atoms. The van der Waals surface area contributed by atoms with Gasteiger partial charge in [-0.1, -0.05) is 26.8 Å². The van der Waals surface area contributed by atoms with Gasteiger partial charge in [0.05, 0.1) is 41.6 Å². The smallest absolute Gasteiger partial charge is 0.411 e. The number of nitrogens with one attached hydrogen (secondary N) is 1. The van der Waals surface area contributed by atoms with Crippen molar-refractivity contribution in [2.24, 2.45) is 5.92 Å². The number of rotatable bonds is 7. The largest absolute Gasteiger partial charge is 0.444 e. The van der Waals surface area contributed by atoms with Gasteiger partial charge in [-0.15, -0.1) is 0 Å². The molecule has 0 bridgehead atoms. The number of carbonyl (C=O) groups is 2. The molecule has 2 atom stereocenters. The van der Waals surface area contributed by atoms with Crippen LogP contribution < -0.4 is 5.32 Å². The molecule has 9 nitrogen and oxygen atoms in total. The standard InChI is InChI=1S/C26H35N3O6S/c1-7-36(33,34)19-9-11-21(27-13-19)22(15-30)28-24(31)17-8-10-20-18(12-17)14-29(23(20)16(2)3)25(32)35-26(4,5)6/h8-13,16,22-23,30H,7,14-15H2,1-6H3,(H,28,31)/t22-,23?/m0/s1. The Kier molecular flexibility index (Phi) is 8.10. The molecule has 1 unspecified atom stereocenters. The van der Waals surface area contributed by atoms with Gasteiger partial charge in [-0.3, -0.25) is 14.7 Å². The Labute approximate surface area is 212 Å². The second kappa shape index (κ2) is 10.6. The van der Waals surface area contributed by atoms with E-state index in [4.69, 9.17) is 4.74 Å². The topological polar surface area (TPSA) is 126 Å². The van der Waals surface area contributed by atoms with Crippen molar-refractivity contribution in [1.82, 2.24) is 15.2 Å². The van der Waals surface area contributed by atoms with E-state index >= 15 is 0 Å². The minimum absolute atomic E-state index is 0.0461. The van der Waals surface area contributed by atoms with Crippen molar-refractivity contribution >= 4 is 21.8 Å². The lowest BCUT2D eigenvalue weighted by molar-refractivity contribution is 0.0127. The number of aromatic nitrogens is 1. The highest BCUT2D eigenvalue weighted by Crippen LogP contribution is 2.40. The van der Waals surface area contributed by atoms with Crippen molar-refractivity contribution in [3.63, 3.8) is 0 Å². The molecule has 0 aliphatic carbocycles. The zero-order valence-electron chi connectivity index (χ0n) is 21.6.